The Morgan fingerprint density at radius 1 is 0.821 bits per heavy atom. The van der Waals surface area contributed by atoms with Crippen LogP contribution in [0, 0.1) is 0 Å². The zero-order chi connectivity index (χ0) is 20.3. The number of anilines is 2. The smallest absolute Gasteiger partial charge is 0.263 e. The second-order valence-corrected chi connectivity index (χ2v) is 6.59. The van der Waals surface area contributed by atoms with E-state index in [0.29, 0.717) is 4.57 Å². The van der Waals surface area contributed by atoms with Gasteiger partial charge in [-0.3, -0.25) is 23.7 Å². The fourth-order valence-corrected chi connectivity index (χ4v) is 3.65. The molecule has 3 aromatic carbocycles. The van der Waals surface area contributed by atoms with E-state index in [1.54, 1.807) is 12.1 Å². The molecule has 0 aliphatic heterocycles. The molecule has 1 aromatic heterocycles. The number of hydrogen-bond donors (Lipinski definition) is 4. The Labute approximate surface area is 155 Å². The first kappa shape index (κ1) is 17.8. The number of rotatable bonds is 3. The molecular formula is C19H15N3O6. The molecule has 0 spiro atoms. The van der Waals surface area contributed by atoms with Crippen LogP contribution < -0.4 is 33.4 Å². The Morgan fingerprint density at radius 3 is 1.64 bits per heavy atom. The maximum Gasteiger partial charge on any atom is 0.263 e. The van der Waals surface area contributed by atoms with Crippen LogP contribution in [0.15, 0.2) is 43.4 Å². The number of aromatic nitrogens is 1. The predicted octanol–water partition coefficient (Wildman–Crippen LogP) is -1.22. The molecule has 0 saturated heterocycles. The summed E-state index contributed by atoms with van der Waals surface area (Å²) in [7, 11) is 0. The van der Waals surface area contributed by atoms with Crippen molar-refractivity contribution < 1.29 is 10.2 Å². The van der Waals surface area contributed by atoms with Gasteiger partial charge in [-0.05, 0) is 0 Å². The van der Waals surface area contributed by atoms with Gasteiger partial charge in [0.15, 0.2) is 10.9 Å². The summed E-state index contributed by atoms with van der Waals surface area (Å²) >= 11 is 0. The van der Waals surface area contributed by atoms with Gasteiger partial charge in [0.2, 0.25) is 0 Å². The van der Waals surface area contributed by atoms with Gasteiger partial charge in [-0.1, -0.05) is 24.3 Å². The topological polar surface area (TPSA) is 166 Å². The van der Waals surface area contributed by atoms with Crippen LogP contribution in [0.25, 0.3) is 32.3 Å². The van der Waals surface area contributed by atoms with Crippen molar-refractivity contribution in [2.45, 2.75) is 12.6 Å². The van der Waals surface area contributed by atoms with Gasteiger partial charge in [0, 0.05) is 10.8 Å². The SMILES string of the molecule is Nc1c2c(=O)c3ccccc3c(=O)c2c(N)c2c(=O)n(CC(O)CO)c(=O)c12. The molecule has 0 fully saturated rings. The van der Waals surface area contributed by atoms with Crippen molar-refractivity contribution in [1.82, 2.24) is 4.57 Å². The van der Waals surface area contributed by atoms with E-state index in [-0.39, 0.29) is 43.7 Å². The Morgan fingerprint density at radius 2 is 1.25 bits per heavy atom. The Bertz CT molecular complexity index is 1390. The fraction of sp³-hybridized carbons (Fsp3) is 0.158. The zero-order valence-electron chi connectivity index (χ0n) is 14.4. The molecule has 0 saturated carbocycles. The third kappa shape index (κ3) is 2.14. The van der Waals surface area contributed by atoms with Crippen LogP contribution in [-0.2, 0) is 6.54 Å². The lowest BCUT2D eigenvalue weighted by Crippen LogP contribution is -2.32. The lowest BCUT2D eigenvalue weighted by Gasteiger charge is -2.07. The first-order valence-electron chi connectivity index (χ1n) is 8.38. The number of fused-ring (bicyclic) bond motifs is 3. The molecule has 0 bridgehead atoms. The van der Waals surface area contributed by atoms with E-state index in [2.05, 4.69) is 0 Å². The highest BCUT2D eigenvalue weighted by atomic mass is 16.3. The van der Waals surface area contributed by atoms with E-state index in [0.717, 1.165) is 0 Å². The molecule has 0 amide bonds. The number of aliphatic hydroxyl groups excluding tert-OH is 2. The number of nitrogens with zero attached hydrogens (tertiary/aromatic N) is 1. The van der Waals surface area contributed by atoms with Gasteiger partial charge in [0.1, 0.15) is 0 Å². The summed E-state index contributed by atoms with van der Waals surface area (Å²) in [6.07, 6.45) is -1.35. The van der Waals surface area contributed by atoms with Crippen molar-refractivity contribution >= 4 is 43.7 Å². The van der Waals surface area contributed by atoms with Crippen molar-refractivity contribution in [1.29, 1.82) is 0 Å². The molecule has 9 nitrogen and oxygen atoms in total. The fourth-order valence-electron chi connectivity index (χ4n) is 3.65. The first-order valence-corrected chi connectivity index (χ1v) is 8.38. The summed E-state index contributed by atoms with van der Waals surface area (Å²) < 4.78 is 0.686. The molecule has 9 heteroatoms. The van der Waals surface area contributed by atoms with Gasteiger partial charge in [0.25, 0.3) is 11.1 Å². The number of nitrogen functional groups attached to an aromatic ring is 2. The van der Waals surface area contributed by atoms with Crippen LogP contribution >= 0.6 is 0 Å². The molecule has 0 aliphatic carbocycles. The number of nitrogens with two attached hydrogens (primary N) is 2. The molecule has 1 atom stereocenters. The summed E-state index contributed by atoms with van der Waals surface area (Å²) in [5, 5.41) is 17.9. The summed E-state index contributed by atoms with van der Waals surface area (Å²) in [6.45, 7) is -1.14. The van der Waals surface area contributed by atoms with Gasteiger partial charge >= 0.3 is 0 Å². The van der Waals surface area contributed by atoms with Crippen molar-refractivity contribution in [2.75, 3.05) is 18.1 Å². The number of hydrogen-bond acceptors (Lipinski definition) is 8. The minimum Gasteiger partial charge on any atom is -0.397 e. The first-order chi connectivity index (χ1) is 13.3. The third-order valence-electron chi connectivity index (χ3n) is 4.97. The van der Waals surface area contributed by atoms with Gasteiger partial charge in [0.05, 0.1) is 52.2 Å². The molecular weight excluding hydrogens is 366 g/mol. The van der Waals surface area contributed by atoms with Crippen LogP contribution in [0.1, 0.15) is 0 Å². The van der Waals surface area contributed by atoms with Gasteiger partial charge in [-0.25, -0.2) is 0 Å². The van der Waals surface area contributed by atoms with E-state index >= 15 is 0 Å². The lowest BCUT2D eigenvalue weighted by molar-refractivity contribution is 0.0800. The normalized spacial score (nSPS) is 12.9. The summed E-state index contributed by atoms with van der Waals surface area (Å²) in [4.78, 5) is 51.4. The monoisotopic (exact) mass is 381 g/mol. The predicted molar refractivity (Wildman–Crippen MR) is 106 cm³/mol. The van der Waals surface area contributed by atoms with Crippen LogP contribution in [0.5, 0.6) is 0 Å². The standard InChI is InChI=1S/C19H15N3O6/c20-14-10-11(17(26)9-4-2-1-3-8(9)16(10)25)15(21)13-12(14)18(27)22(19(13)28)5-7(24)6-23/h1-4,7,23-24H,5-6,20-21H2. The second kappa shape index (κ2) is 5.98. The number of aliphatic hydroxyl groups is 2. The zero-order valence-corrected chi connectivity index (χ0v) is 14.4. The van der Waals surface area contributed by atoms with E-state index in [1.165, 1.54) is 12.1 Å². The van der Waals surface area contributed by atoms with Crippen molar-refractivity contribution in [3.05, 3.63) is 65.4 Å². The maximum atomic E-state index is 12.9. The third-order valence-corrected chi connectivity index (χ3v) is 4.97. The highest BCUT2D eigenvalue weighted by Gasteiger charge is 2.25. The molecule has 4 rings (SSSR count). The summed E-state index contributed by atoms with van der Waals surface area (Å²) in [5.74, 6) is 0. The second-order valence-electron chi connectivity index (χ2n) is 6.59. The van der Waals surface area contributed by atoms with Gasteiger partial charge in [-0.15, -0.1) is 0 Å². The summed E-state index contributed by atoms with van der Waals surface area (Å²) in [6, 6.07) is 6.12. The molecule has 1 heterocycles. The highest BCUT2D eigenvalue weighted by Crippen LogP contribution is 2.31. The van der Waals surface area contributed by atoms with E-state index < -0.39 is 41.2 Å². The maximum absolute atomic E-state index is 12.9. The van der Waals surface area contributed by atoms with E-state index in [1.807, 2.05) is 0 Å². The minimum atomic E-state index is -1.35. The minimum absolute atomic E-state index is 0.135. The average Bonchev–Trinajstić information content (AvgIpc) is 2.94. The van der Waals surface area contributed by atoms with Crippen molar-refractivity contribution in [2.24, 2.45) is 0 Å². The molecule has 6 N–H and O–H groups in total. The highest BCUT2D eigenvalue weighted by molar-refractivity contribution is 6.20. The Hall–Kier alpha value is -3.56. The lowest BCUT2D eigenvalue weighted by atomic mass is 9.97. The van der Waals surface area contributed by atoms with E-state index in [9.17, 15) is 24.3 Å². The molecule has 1 unspecified atom stereocenters. The number of benzene rings is 3. The van der Waals surface area contributed by atoms with Crippen LogP contribution in [0.3, 0.4) is 0 Å². The Balaban J connectivity index is 2.32. The molecule has 142 valence electrons. The Kier molecular flexibility index (Phi) is 3.81. The van der Waals surface area contributed by atoms with Crippen LogP contribution in [0.2, 0.25) is 0 Å². The molecule has 28 heavy (non-hydrogen) atoms. The van der Waals surface area contributed by atoms with Crippen molar-refractivity contribution in [3.63, 3.8) is 0 Å². The van der Waals surface area contributed by atoms with Crippen molar-refractivity contribution in [3.8, 4) is 0 Å². The molecule has 0 radical (unpaired) electrons. The van der Waals surface area contributed by atoms with Gasteiger partial charge < -0.3 is 21.7 Å². The average molecular weight is 381 g/mol. The quantitative estimate of drug-likeness (QED) is 0.195. The largest absolute Gasteiger partial charge is 0.397 e. The van der Waals surface area contributed by atoms with Gasteiger partial charge in [-0.2, -0.15) is 0 Å². The van der Waals surface area contributed by atoms with Crippen LogP contribution in [-0.4, -0.2) is 27.5 Å². The molecule has 0 aliphatic rings. The molecule has 4 aromatic rings. The van der Waals surface area contributed by atoms with Crippen LogP contribution in [0.4, 0.5) is 11.4 Å². The van der Waals surface area contributed by atoms with E-state index in [4.69, 9.17) is 16.6 Å². The summed E-state index contributed by atoms with van der Waals surface area (Å²) in [5.41, 5.74) is 8.72.